The average molecular weight is 255 g/mol. The zero-order chi connectivity index (χ0) is 14.0. The number of hydrogen-bond donors (Lipinski definition) is 1. The first-order valence-electron chi connectivity index (χ1n) is 6.92. The Kier molecular flexibility index (Phi) is 8.99. The van der Waals surface area contributed by atoms with Crippen LogP contribution in [0.3, 0.4) is 0 Å². The number of methoxy groups -OCH3 is 1. The van der Waals surface area contributed by atoms with E-state index >= 15 is 0 Å². The molecule has 18 heavy (non-hydrogen) atoms. The van der Waals surface area contributed by atoms with Crippen LogP contribution in [0.25, 0.3) is 0 Å². The highest BCUT2D eigenvalue weighted by atomic mass is 16.5. The van der Waals surface area contributed by atoms with Gasteiger partial charge in [0.25, 0.3) is 0 Å². The quantitative estimate of drug-likeness (QED) is 0.649. The summed E-state index contributed by atoms with van der Waals surface area (Å²) in [6, 6.07) is 2.91. The van der Waals surface area contributed by atoms with E-state index < -0.39 is 5.54 Å². The van der Waals surface area contributed by atoms with Gasteiger partial charge < -0.3 is 4.74 Å². The fourth-order valence-corrected chi connectivity index (χ4v) is 1.96. The van der Waals surface area contributed by atoms with E-state index in [1.807, 2.05) is 13.8 Å². The van der Waals surface area contributed by atoms with Crippen molar-refractivity contribution in [3.8, 4) is 6.07 Å². The zero-order valence-electron chi connectivity index (χ0n) is 12.6. The lowest BCUT2D eigenvalue weighted by atomic mass is 9.99. The average Bonchev–Trinajstić information content (AvgIpc) is 2.38. The molecule has 0 aromatic rings. The number of nitriles is 1. The molecule has 0 saturated carbocycles. The molecule has 0 aliphatic carbocycles. The maximum Gasteiger partial charge on any atom is 0.105 e. The van der Waals surface area contributed by atoms with E-state index in [9.17, 15) is 5.26 Å². The summed E-state index contributed by atoms with van der Waals surface area (Å²) >= 11 is 0. The predicted molar refractivity (Wildman–Crippen MR) is 75.5 cm³/mol. The summed E-state index contributed by atoms with van der Waals surface area (Å²) in [4.78, 5) is 2.40. The number of rotatable bonds is 10. The van der Waals surface area contributed by atoms with Gasteiger partial charge >= 0.3 is 0 Å². The number of ether oxygens (including phenoxy) is 1. The first-order chi connectivity index (χ1) is 8.52. The second kappa shape index (κ2) is 9.32. The van der Waals surface area contributed by atoms with Crippen molar-refractivity contribution in [1.29, 1.82) is 5.26 Å². The molecule has 0 fully saturated rings. The minimum Gasteiger partial charge on any atom is -0.383 e. The smallest absolute Gasteiger partial charge is 0.105 e. The summed E-state index contributed by atoms with van der Waals surface area (Å²) in [7, 11) is 1.73. The van der Waals surface area contributed by atoms with Crippen molar-refractivity contribution >= 4 is 0 Å². The maximum absolute atomic E-state index is 9.25. The lowest BCUT2D eigenvalue weighted by Gasteiger charge is -2.31. The topological polar surface area (TPSA) is 48.3 Å². The van der Waals surface area contributed by atoms with Crippen molar-refractivity contribution in [2.24, 2.45) is 0 Å². The van der Waals surface area contributed by atoms with Gasteiger partial charge in [-0.2, -0.15) is 5.26 Å². The van der Waals surface area contributed by atoms with Crippen LogP contribution in [-0.2, 0) is 4.74 Å². The van der Waals surface area contributed by atoms with Crippen LogP contribution >= 0.6 is 0 Å². The van der Waals surface area contributed by atoms with Gasteiger partial charge in [-0.3, -0.25) is 10.2 Å². The normalized spacial score (nSPS) is 16.3. The van der Waals surface area contributed by atoms with Gasteiger partial charge in [0, 0.05) is 26.2 Å². The van der Waals surface area contributed by atoms with Crippen molar-refractivity contribution in [2.45, 2.75) is 52.1 Å². The Balaban J connectivity index is 4.35. The Labute approximate surface area is 112 Å². The molecular weight excluding hydrogens is 226 g/mol. The van der Waals surface area contributed by atoms with Gasteiger partial charge in [0.05, 0.1) is 12.7 Å². The largest absolute Gasteiger partial charge is 0.383 e. The molecule has 4 heteroatoms. The molecule has 0 bridgehead atoms. The minimum absolute atomic E-state index is 0.423. The highest BCUT2D eigenvalue weighted by molar-refractivity contribution is 5.03. The molecule has 0 rings (SSSR count). The lowest BCUT2D eigenvalue weighted by molar-refractivity contribution is 0.117. The lowest BCUT2D eigenvalue weighted by Crippen LogP contribution is -2.45. The Bertz CT molecular complexity index is 252. The van der Waals surface area contributed by atoms with E-state index in [2.05, 4.69) is 30.1 Å². The summed E-state index contributed by atoms with van der Waals surface area (Å²) in [5.41, 5.74) is -0.423. The van der Waals surface area contributed by atoms with E-state index in [1.165, 1.54) is 0 Å². The van der Waals surface area contributed by atoms with E-state index in [0.717, 1.165) is 39.1 Å². The third kappa shape index (κ3) is 6.34. The van der Waals surface area contributed by atoms with Gasteiger partial charge in [0.2, 0.25) is 0 Å². The van der Waals surface area contributed by atoms with Crippen molar-refractivity contribution in [3.63, 3.8) is 0 Å². The number of hydrogen-bond acceptors (Lipinski definition) is 4. The second-order valence-electron chi connectivity index (χ2n) is 5.01. The van der Waals surface area contributed by atoms with E-state index in [1.54, 1.807) is 7.11 Å². The van der Waals surface area contributed by atoms with Crippen LogP contribution in [0.1, 0.15) is 40.5 Å². The van der Waals surface area contributed by atoms with Gasteiger partial charge in [0.1, 0.15) is 5.54 Å². The van der Waals surface area contributed by atoms with Gasteiger partial charge in [-0.05, 0) is 33.2 Å². The fourth-order valence-electron chi connectivity index (χ4n) is 1.96. The summed E-state index contributed by atoms with van der Waals surface area (Å²) in [5.74, 6) is 0. The Morgan fingerprint density at radius 1 is 1.39 bits per heavy atom. The third-order valence-electron chi connectivity index (χ3n) is 3.51. The van der Waals surface area contributed by atoms with E-state index in [-0.39, 0.29) is 0 Å². The van der Waals surface area contributed by atoms with E-state index in [0.29, 0.717) is 6.04 Å². The Morgan fingerprint density at radius 3 is 2.50 bits per heavy atom. The molecule has 106 valence electrons. The summed E-state index contributed by atoms with van der Waals surface area (Å²) in [6.07, 6.45) is 1.96. The molecule has 0 radical (unpaired) electrons. The molecular formula is C14H29N3O. The molecule has 0 aliphatic heterocycles. The second-order valence-corrected chi connectivity index (χ2v) is 5.01. The van der Waals surface area contributed by atoms with Crippen LogP contribution in [0.4, 0.5) is 0 Å². The minimum atomic E-state index is -0.423. The van der Waals surface area contributed by atoms with Crippen LogP contribution in [0.2, 0.25) is 0 Å². The standard InChI is InChI=1S/C14H29N3O/c1-6-13(3)17(10-11-18-5)9-8-14(4,12-15)16-7-2/h13,16H,6-11H2,1-5H3. The molecule has 2 atom stereocenters. The Morgan fingerprint density at radius 2 is 2.06 bits per heavy atom. The number of nitrogens with zero attached hydrogens (tertiary/aromatic N) is 2. The monoisotopic (exact) mass is 255 g/mol. The molecule has 1 N–H and O–H groups in total. The van der Waals surface area contributed by atoms with Crippen molar-refractivity contribution in [3.05, 3.63) is 0 Å². The first-order valence-corrected chi connectivity index (χ1v) is 6.92. The first kappa shape index (κ1) is 17.4. The number of nitrogens with one attached hydrogen (secondary N) is 1. The molecule has 0 aliphatic rings. The Hall–Kier alpha value is -0.630. The molecule has 2 unspecified atom stereocenters. The van der Waals surface area contributed by atoms with Gasteiger partial charge in [-0.25, -0.2) is 0 Å². The third-order valence-corrected chi connectivity index (χ3v) is 3.51. The summed E-state index contributed by atoms with van der Waals surface area (Å²) in [6.45, 7) is 11.9. The molecule has 0 heterocycles. The highest BCUT2D eigenvalue weighted by Crippen LogP contribution is 2.12. The van der Waals surface area contributed by atoms with Crippen LogP contribution in [0, 0.1) is 11.3 Å². The van der Waals surface area contributed by atoms with Crippen molar-refractivity contribution < 1.29 is 4.74 Å². The van der Waals surface area contributed by atoms with E-state index in [4.69, 9.17) is 4.74 Å². The van der Waals surface area contributed by atoms with Crippen LogP contribution in [-0.4, -0.2) is 49.8 Å². The van der Waals surface area contributed by atoms with Gasteiger partial charge in [0.15, 0.2) is 0 Å². The van der Waals surface area contributed by atoms with Crippen LogP contribution < -0.4 is 5.32 Å². The zero-order valence-corrected chi connectivity index (χ0v) is 12.6. The highest BCUT2D eigenvalue weighted by Gasteiger charge is 2.24. The molecule has 0 aromatic heterocycles. The molecule has 4 nitrogen and oxygen atoms in total. The molecule has 0 spiro atoms. The molecule has 0 saturated heterocycles. The SMILES string of the molecule is CCNC(C)(C#N)CCN(CCOC)C(C)CC. The van der Waals surface area contributed by atoms with Gasteiger partial charge in [-0.1, -0.05) is 13.8 Å². The van der Waals surface area contributed by atoms with Crippen molar-refractivity contribution in [1.82, 2.24) is 10.2 Å². The fraction of sp³-hybridized carbons (Fsp3) is 0.929. The van der Waals surface area contributed by atoms with Gasteiger partial charge in [-0.15, -0.1) is 0 Å². The predicted octanol–water partition coefficient (Wildman–Crippen LogP) is 2.02. The van der Waals surface area contributed by atoms with Crippen LogP contribution in [0.15, 0.2) is 0 Å². The summed E-state index contributed by atoms with van der Waals surface area (Å²) < 4.78 is 5.15. The maximum atomic E-state index is 9.25. The molecule has 0 amide bonds. The van der Waals surface area contributed by atoms with Crippen molar-refractivity contribution in [2.75, 3.05) is 33.4 Å². The summed E-state index contributed by atoms with van der Waals surface area (Å²) in [5, 5.41) is 12.5. The van der Waals surface area contributed by atoms with Crippen LogP contribution in [0.5, 0.6) is 0 Å². The molecule has 0 aromatic carbocycles.